The van der Waals surface area contributed by atoms with Gasteiger partial charge in [-0.25, -0.2) is 9.78 Å². The molecule has 0 saturated carbocycles. The molecule has 0 radical (unpaired) electrons. The monoisotopic (exact) mass is 468 g/mol. The minimum atomic E-state index is -0.393. The molecular formula is C26H16N2O3S2. The molecule has 0 N–H and O–H groups in total. The van der Waals surface area contributed by atoms with Gasteiger partial charge in [-0.15, -0.1) is 11.3 Å². The molecule has 0 atom stereocenters. The molecule has 3 heterocycles. The number of aromatic nitrogens is 2. The first-order valence-corrected chi connectivity index (χ1v) is 12.2. The maximum atomic E-state index is 13.3. The lowest BCUT2D eigenvalue weighted by molar-refractivity contribution is 0.560. The average molecular weight is 469 g/mol. The number of hydrogen-bond donors (Lipinski definition) is 0. The van der Waals surface area contributed by atoms with E-state index in [-0.39, 0.29) is 5.56 Å². The van der Waals surface area contributed by atoms with E-state index in [4.69, 9.17) is 9.40 Å². The molecule has 7 heteroatoms. The van der Waals surface area contributed by atoms with Crippen LogP contribution in [0.3, 0.4) is 0 Å². The van der Waals surface area contributed by atoms with Crippen LogP contribution in [0.1, 0.15) is 5.56 Å². The quantitative estimate of drug-likeness (QED) is 0.137. The Kier molecular flexibility index (Phi) is 4.86. The van der Waals surface area contributed by atoms with E-state index in [1.807, 2.05) is 78.2 Å². The number of para-hydroxylation sites is 1. The van der Waals surface area contributed by atoms with Gasteiger partial charge in [0, 0.05) is 17.2 Å². The third-order valence-electron chi connectivity index (χ3n) is 5.55. The van der Waals surface area contributed by atoms with E-state index >= 15 is 0 Å². The normalized spacial score (nSPS) is 11.5. The van der Waals surface area contributed by atoms with Gasteiger partial charge in [0.15, 0.2) is 5.16 Å². The number of nitrogens with zero attached hydrogens (tertiary/aromatic N) is 2. The van der Waals surface area contributed by atoms with Crippen LogP contribution >= 0.6 is 23.1 Å². The maximum absolute atomic E-state index is 13.3. The summed E-state index contributed by atoms with van der Waals surface area (Å²) in [4.78, 5) is 31.1. The molecule has 3 aromatic heterocycles. The number of thiophene rings is 1. The van der Waals surface area contributed by atoms with Gasteiger partial charge in [-0.2, -0.15) is 0 Å². The number of rotatable bonds is 4. The molecule has 6 rings (SSSR count). The summed E-state index contributed by atoms with van der Waals surface area (Å²) in [7, 11) is 0. The smallest absolute Gasteiger partial charge is 0.336 e. The lowest BCUT2D eigenvalue weighted by Crippen LogP contribution is -2.21. The Morgan fingerprint density at radius 1 is 0.909 bits per heavy atom. The molecule has 0 amide bonds. The van der Waals surface area contributed by atoms with Crippen molar-refractivity contribution < 1.29 is 4.42 Å². The lowest BCUT2D eigenvalue weighted by Gasteiger charge is -2.13. The molecular weight excluding hydrogens is 452 g/mol. The highest BCUT2D eigenvalue weighted by Crippen LogP contribution is 2.32. The number of hydrogen-bond acceptors (Lipinski definition) is 6. The molecule has 6 aromatic rings. The van der Waals surface area contributed by atoms with Gasteiger partial charge in [0.25, 0.3) is 5.56 Å². The van der Waals surface area contributed by atoms with Crippen LogP contribution in [0, 0.1) is 0 Å². The second kappa shape index (κ2) is 8.03. The van der Waals surface area contributed by atoms with Crippen molar-refractivity contribution in [2.24, 2.45) is 0 Å². The van der Waals surface area contributed by atoms with Crippen LogP contribution < -0.4 is 11.2 Å². The van der Waals surface area contributed by atoms with Gasteiger partial charge in [0.1, 0.15) is 10.4 Å². The van der Waals surface area contributed by atoms with E-state index in [9.17, 15) is 9.59 Å². The predicted octanol–water partition coefficient (Wildman–Crippen LogP) is 6.00. The molecule has 0 saturated heterocycles. The van der Waals surface area contributed by atoms with Crippen LogP contribution in [0.5, 0.6) is 0 Å². The molecule has 0 aliphatic heterocycles. The van der Waals surface area contributed by atoms with Crippen LogP contribution in [0.2, 0.25) is 0 Å². The summed E-state index contributed by atoms with van der Waals surface area (Å²) in [6.07, 6.45) is 0. The highest BCUT2D eigenvalue weighted by molar-refractivity contribution is 7.98. The first-order chi connectivity index (χ1) is 16.2. The van der Waals surface area contributed by atoms with Crippen LogP contribution in [-0.2, 0) is 5.75 Å². The molecule has 3 aromatic carbocycles. The molecule has 0 fully saturated rings. The van der Waals surface area contributed by atoms with Crippen molar-refractivity contribution in [3.05, 3.63) is 111 Å². The maximum Gasteiger partial charge on any atom is 0.336 e. The van der Waals surface area contributed by atoms with Gasteiger partial charge in [-0.1, -0.05) is 60.3 Å². The highest BCUT2D eigenvalue weighted by Gasteiger charge is 2.16. The van der Waals surface area contributed by atoms with E-state index in [1.165, 1.54) is 29.2 Å². The van der Waals surface area contributed by atoms with Gasteiger partial charge in [0.05, 0.1) is 11.1 Å². The lowest BCUT2D eigenvalue weighted by atomic mass is 10.0. The number of thioether (sulfide) groups is 1. The van der Waals surface area contributed by atoms with Crippen LogP contribution in [-0.4, -0.2) is 9.55 Å². The summed E-state index contributed by atoms with van der Waals surface area (Å²) >= 11 is 2.88. The Labute approximate surface area is 195 Å². The average Bonchev–Trinajstić information content (AvgIpc) is 3.32. The van der Waals surface area contributed by atoms with Crippen molar-refractivity contribution >= 4 is 55.1 Å². The first kappa shape index (κ1) is 20.0. The van der Waals surface area contributed by atoms with E-state index in [2.05, 4.69) is 0 Å². The van der Waals surface area contributed by atoms with Gasteiger partial charge >= 0.3 is 5.63 Å². The fourth-order valence-corrected chi connectivity index (χ4v) is 5.87. The fourth-order valence-electron chi connectivity index (χ4n) is 4.07. The molecule has 33 heavy (non-hydrogen) atoms. The minimum Gasteiger partial charge on any atom is -0.423 e. The van der Waals surface area contributed by atoms with Gasteiger partial charge in [-0.05, 0) is 46.0 Å². The predicted molar refractivity (Wildman–Crippen MR) is 135 cm³/mol. The molecule has 0 spiro atoms. The van der Waals surface area contributed by atoms with Crippen molar-refractivity contribution in [2.45, 2.75) is 10.9 Å². The van der Waals surface area contributed by atoms with E-state index in [1.54, 1.807) is 4.57 Å². The van der Waals surface area contributed by atoms with Gasteiger partial charge < -0.3 is 4.42 Å². The number of benzene rings is 3. The van der Waals surface area contributed by atoms with E-state index in [0.717, 1.165) is 27.4 Å². The molecule has 0 unspecified atom stereocenters. The largest absolute Gasteiger partial charge is 0.423 e. The van der Waals surface area contributed by atoms with Crippen molar-refractivity contribution in [3.8, 4) is 5.69 Å². The zero-order valence-electron chi connectivity index (χ0n) is 17.2. The second-order valence-electron chi connectivity index (χ2n) is 7.55. The van der Waals surface area contributed by atoms with Crippen molar-refractivity contribution in [2.75, 3.05) is 0 Å². The molecule has 0 aliphatic rings. The minimum absolute atomic E-state index is 0.0992. The fraction of sp³-hybridized carbons (Fsp3) is 0.0385. The molecule has 0 aliphatic carbocycles. The van der Waals surface area contributed by atoms with Crippen LogP contribution in [0.4, 0.5) is 0 Å². The first-order valence-electron chi connectivity index (χ1n) is 10.3. The Bertz CT molecular complexity index is 1770. The summed E-state index contributed by atoms with van der Waals surface area (Å²) in [5, 5.41) is 6.07. The van der Waals surface area contributed by atoms with Crippen molar-refractivity contribution in [1.82, 2.24) is 9.55 Å². The zero-order chi connectivity index (χ0) is 22.4. The molecule has 160 valence electrons. The standard InChI is InChI=1S/C26H16N2O3S2/c29-22-14-17(23-19-9-5-4-6-16(19)10-11-21(23)31-22)15-33-26-27-24-20(12-13-32-24)25(30)28(26)18-7-2-1-3-8-18/h1-14H,15H2. The second-order valence-corrected chi connectivity index (χ2v) is 9.39. The van der Waals surface area contributed by atoms with E-state index < -0.39 is 5.63 Å². The SMILES string of the molecule is O=c1cc(CSc2nc3sccc3c(=O)n2-c2ccccc2)c2c(ccc3ccccc32)o1. The van der Waals surface area contributed by atoms with Crippen molar-refractivity contribution in [3.63, 3.8) is 0 Å². The zero-order valence-corrected chi connectivity index (χ0v) is 18.9. The molecule has 0 bridgehead atoms. The third kappa shape index (κ3) is 3.46. The Hall–Kier alpha value is -3.68. The highest BCUT2D eigenvalue weighted by atomic mass is 32.2. The van der Waals surface area contributed by atoms with E-state index in [0.29, 0.717) is 26.7 Å². The van der Waals surface area contributed by atoms with Crippen LogP contribution in [0.15, 0.2) is 103 Å². The Morgan fingerprint density at radius 3 is 2.61 bits per heavy atom. The molecule has 5 nitrogen and oxygen atoms in total. The summed E-state index contributed by atoms with van der Waals surface area (Å²) in [6.45, 7) is 0. The van der Waals surface area contributed by atoms with Gasteiger partial charge in [0.2, 0.25) is 0 Å². The summed E-state index contributed by atoms with van der Waals surface area (Å²) < 4.78 is 7.13. The van der Waals surface area contributed by atoms with Crippen molar-refractivity contribution in [1.29, 1.82) is 0 Å². The summed E-state index contributed by atoms with van der Waals surface area (Å²) in [5.74, 6) is 0.465. The third-order valence-corrected chi connectivity index (χ3v) is 7.35. The Morgan fingerprint density at radius 2 is 1.73 bits per heavy atom. The topological polar surface area (TPSA) is 65.1 Å². The van der Waals surface area contributed by atoms with Gasteiger partial charge in [-0.3, -0.25) is 9.36 Å². The summed E-state index contributed by atoms with van der Waals surface area (Å²) in [6, 6.07) is 24.7. The Balaban J connectivity index is 1.52. The summed E-state index contributed by atoms with van der Waals surface area (Å²) in [5.41, 5.74) is 1.67. The van der Waals surface area contributed by atoms with Crippen LogP contribution in [0.25, 0.3) is 37.6 Å². The number of fused-ring (bicyclic) bond motifs is 4.